The van der Waals surface area contributed by atoms with Gasteiger partial charge in [0, 0.05) is 50.9 Å². The van der Waals surface area contributed by atoms with Crippen molar-refractivity contribution in [1.29, 1.82) is 0 Å². The molecule has 1 aliphatic carbocycles. The average molecular weight is 999 g/mol. The molecule has 1 saturated carbocycles. The van der Waals surface area contributed by atoms with Gasteiger partial charge in [0.1, 0.15) is 36.4 Å². The summed E-state index contributed by atoms with van der Waals surface area (Å²) in [6.07, 6.45) is 9.63. The number of benzene rings is 3. The van der Waals surface area contributed by atoms with Gasteiger partial charge in [-0.2, -0.15) is 0 Å². The van der Waals surface area contributed by atoms with Crippen LogP contribution in [0.25, 0.3) is 0 Å². The highest BCUT2D eigenvalue weighted by Gasteiger charge is 2.43. The lowest BCUT2D eigenvalue weighted by atomic mass is 9.76. The minimum atomic E-state index is -4.35. The maximum atomic E-state index is 14.3. The SMILES string of the molecule is CC(C)=C1OC(=O)N(c2cc(OC3CCCC3)c(Cl)cc2F)C1=O.CON(C)C(=O)Nc1ccc(Oc2ccc3c(c2)OC(C)(OC)CC3(C)C)cc1.C[S+](C)C.O=C(O)CNCP(=O)([O-])O. The lowest BCUT2D eigenvalue weighted by Gasteiger charge is -2.43. The maximum Gasteiger partial charge on any atom is 0.427 e. The van der Waals surface area contributed by atoms with Crippen molar-refractivity contribution >= 4 is 65.5 Å². The first-order valence-electron chi connectivity index (χ1n) is 20.8. The molecule has 18 nitrogen and oxygen atoms in total. The largest absolute Gasteiger partial charge is 0.778 e. The summed E-state index contributed by atoms with van der Waals surface area (Å²) >= 11 is 6.04. The highest BCUT2D eigenvalue weighted by atomic mass is 35.5. The van der Waals surface area contributed by atoms with Crippen molar-refractivity contribution in [2.45, 2.75) is 84.0 Å². The molecule has 3 aromatic carbocycles. The van der Waals surface area contributed by atoms with Crippen LogP contribution in [0.1, 0.15) is 72.3 Å². The molecule has 6 rings (SSSR count). The summed E-state index contributed by atoms with van der Waals surface area (Å²) in [5.41, 5.74) is 2.00. The summed E-state index contributed by atoms with van der Waals surface area (Å²) in [6.45, 7) is 9.10. The van der Waals surface area contributed by atoms with Crippen LogP contribution in [0.15, 0.2) is 65.9 Å². The normalized spacial score (nSPS) is 18.0. The molecule has 2 heterocycles. The number of halogens is 2. The zero-order valence-corrected chi connectivity index (χ0v) is 42.0. The molecular weight excluding hydrogens is 938 g/mol. The van der Waals surface area contributed by atoms with Crippen LogP contribution in [0.2, 0.25) is 5.02 Å². The number of aliphatic carboxylic acids is 1. The van der Waals surface area contributed by atoms with Crippen LogP contribution in [0.3, 0.4) is 0 Å². The average Bonchev–Trinajstić information content (AvgIpc) is 3.85. The molecule has 2 fully saturated rings. The first-order valence-corrected chi connectivity index (χ1v) is 25.4. The van der Waals surface area contributed by atoms with E-state index >= 15 is 0 Å². The number of hydrogen-bond acceptors (Lipinski definition) is 13. The third-order valence-corrected chi connectivity index (χ3v) is 10.7. The molecule has 370 valence electrons. The second-order valence-electron chi connectivity index (χ2n) is 16.8. The fourth-order valence-electron chi connectivity index (χ4n) is 6.67. The summed E-state index contributed by atoms with van der Waals surface area (Å²) in [4.78, 5) is 69.4. The highest BCUT2D eigenvalue weighted by molar-refractivity contribution is 7.94. The van der Waals surface area contributed by atoms with Gasteiger partial charge < -0.3 is 48.5 Å². The fourth-order valence-corrected chi connectivity index (χ4v) is 7.26. The molecule has 2 aliphatic heterocycles. The minimum Gasteiger partial charge on any atom is -0.778 e. The van der Waals surface area contributed by atoms with Crippen LogP contribution >= 0.6 is 19.2 Å². The number of carbonyl (C=O) groups is 4. The second kappa shape index (κ2) is 24.9. The van der Waals surface area contributed by atoms with Crippen molar-refractivity contribution in [1.82, 2.24) is 10.4 Å². The van der Waals surface area contributed by atoms with Crippen LogP contribution < -0.4 is 34.6 Å². The number of ether oxygens (including phenoxy) is 5. The van der Waals surface area contributed by atoms with Crippen molar-refractivity contribution in [3.05, 3.63) is 82.3 Å². The zero-order valence-electron chi connectivity index (χ0n) is 39.5. The molecule has 67 heavy (non-hydrogen) atoms. The van der Waals surface area contributed by atoms with Crippen LogP contribution in [0, 0.1) is 5.82 Å². The van der Waals surface area contributed by atoms with Crippen molar-refractivity contribution < 1.29 is 71.5 Å². The topological polar surface area (TPSA) is 235 Å². The number of hydroxylamine groups is 2. The van der Waals surface area contributed by atoms with Gasteiger partial charge in [0.25, 0.3) is 0 Å². The molecule has 4 amide bonds. The monoisotopic (exact) mass is 998 g/mol. The van der Waals surface area contributed by atoms with E-state index in [4.69, 9.17) is 50.1 Å². The smallest absolute Gasteiger partial charge is 0.427 e. The molecule has 0 aromatic heterocycles. The Kier molecular flexibility index (Phi) is 21.0. The summed E-state index contributed by atoms with van der Waals surface area (Å²) in [5.74, 6) is -1.11. The number of carboxylic acids is 1. The summed E-state index contributed by atoms with van der Waals surface area (Å²) in [6, 6.07) is 14.9. The Morgan fingerprint density at radius 2 is 1.63 bits per heavy atom. The van der Waals surface area contributed by atoms with E-state index in [1.165, 1.54) is 20.2 Å². The molecule has 3 aromatic rings. The Morgan fingerprint density at radius 3 is 2.15 bits per heavy atom. The van der Waals surface area contributed by atoms with Crippen molar-refractivity contribution in [2.75, 3.05) is 63.1 Å². The number of imide groups is 1. The van der Waals surface area contributed by atoms with Gasteiger partial charge in [-0.15, -0.1) is 0 Å². The van der Waals surface area contributed by atoms with Gasteiger partial charge in [-0.1, -0.05) is 31.5 Å². The maximum absolute atomic E-state index is 14.3. The number of hydrogen-bond donors (Lipinski definition) is 4. The Bertz CT molecular complexity index is 2280. The fraction of sp³-hybridized carbons (Fsp3) is 0.467. The Labute approximate surface area is 398 Å². The number of fused-ring (bicyclic) bond motifs is 1. The minimum absolute atomic E-state index is 0.00962. The lowest BCUT2D eigenvalue weighted by molar-refractivity contribution is -0.193. The molecule has 22 heteroatoms. The van der Waals surface area contributed by atoms with E-state index in [2.05, 4.69) is 37.9 Å². The summed E-state index contributed by atoms with van der Waals surface area (Å²) in [7, 11) is 0.906. The third kappa shape index (κ3) is 17.6. The van der Waals surface area contributed by atoms with Gasteiger partial charge in [-0.25, -0.2) is 23.9 Å². The summed E-state index contributed by atoms with van der Waals surface area (Å²) < 4.78 is 52.7. The molecular formula is C45H61ClFN4O14PS. The zero-order chi connectivity index (χ0) is 50.4. The van der Waals surface area contributed by atoms with Crippen molar-refractivity contribution in [2.24, 2.45) is 0 Å². The number of nitrogens with zero attached hydrogens (tertiary/aromatic N) is 2. The van der Waals surface area contributed by atoms with Crippen LogP contribution in [-0.2, 0) is 44.8 Å². The number of urea groups is 1. The number of carbonyl (C=O) groups excluding carboxylic acids is 3. The molecule has 2 unspecified atom stereocenters. The van der Waals surface area contributed by atoms with Crippen molar-refractivity contribution in [3.63, 3.8) is 0 Å². The van der Waals surface area contributed by atoms with Gasteiger partial charge in [0.15, 0.2) is 5.76 Å². The summed E-state index contributed by atoms with van der Waals surface area (Å²) in [5, 5.41) is 13.9. The Hall–Kier alpha value is -4.92. The van der Waals surface area contributed by atoms with Gasteiger partial charge in [-0.05, 0) is 97.8 Å². The Morgan fingerprint density at radius 1 is 1.03 bits per heavy atom. The number of amides is 4. The van der Waals surface area contributed by atoms with Crippen LogP contribution in [-0.4, -0.2) is 104 Å². The molecule has 0 bridgehead atoms. The highest BCUT2D eigenvalue weighted by Crippen LogP contribution is 2.46. The van der Waals surface area contributed by atoms with Gasteiger partial charge >= 0.3 is 24.0 Å². The first-order chi connectivity index (χ1) is 31.2. The molecule has 2 atom stereocenters. The van der Waals surface area contributed by atoms with E-state index in [0.717, 1.165) is 54.5 Å². The van der Waals surface area contributed by atoms with Gasteiger partial charge in [0.2, 0.25) is 5.79 Å². The van der Waals surface area contributed by atoms with E-state index in [9.17, 15) is 33.0 Å². The van der Waals surface area contributed by atoms with E-state index in [-0.39, 0.29) is 39.8 Å². The quantitative estimate of drug-likeness (QED) is 0.0580. The Balaban J connectivity index is 0.000000280. The lowest BCUT2D eigenvalue weighted by Crippen LogP contribution is -2.45. The molecule has 0 radical (unpaired) electrons. The number of rotatable bonds is 12. The van der Waals surface area contributed by atoms with E-state index in [0.29, 0.717) is 38.6 Å². The number of nitrogens with one attached hydrogen (secondary N) is 2. The number of methoxy groups -OCH3 is 1. The van der Waals surface area contributed by atoms with E-state index in [1.54, 1.807) is 45.2 Å². The molecule has 3 aliphatic rings. The number of allylic oxidation sites excluding steroid dienone is 1. The molecule has 1 saturated heterocycles. The van der Waals surface area contributed by atoms with E-state index in [1.807, 2.05) is 30.4 Å². The number of carboxylic acid groups (broad SMARTS) is 1. The first kappa shape index (κ1) is 56.4. The van der Waals surface area contributed by atoms with Gasteiger partial charge in [-0.3, -0.25) is 19.7 Å². The van der Waals surface area contributed by atoms with Crippen LogP contribution in [0.4, 0.5) is 25.4 Å². The number of cyclic esters (lactones) is 1. The third-order valence-electron chi connectivity index (χ3n) is 9.75. The van der Waals surface area contributed by atoms with Crippen molar-refractivity contribution in [3.8, 4) is 23.0 Å². The van der Waals surface area contributed by atoms with Gasteiger partial charge in [0.05, 0.1) is 55.5 Å². The standard InChI is InChI=1S/C22H28N2O5.C17H17ClFNO4.C3H8NO5P.C3H9S/c1-21(2)14-22(3,26-5)29-19-13-17(11-12-18(19)21)28-16-9-7-15(8-10-16)23-20(25)24(4)27-6;1-9(2)15-16(21)20(17(22)24-15)13-8-14(11(18)7-12(13)19)23-10-5-3-4-6-10;5-3(6)1-4-2-10(7,8)9;1-4(2)3/h7-13H,14H2,1-6H3,(H,23,25);7-8,10H,3-6H2,1-2H3;4H,1-2H2,(H,5,6)(H2,7,8,9);1-3H3/q;;;+1/p-1. The molecule has 0 spiro atoms. The predicted molar refractivity (Wildman–Crippen MR) is 253 cm³/mol. The number of anilines is 2. The predicted octanol–water partition coefficient (Wildman–Crippen LogP) is 8.16. The van der Waals surface area contributed by atoms with E-state index < -0.39 is 50.0 Å². The second-order valence-corrected chi connectivity index (χ2v) is 21.3. The molecule has 4 N–H and O–H groups in total. The van der Waals surface area contributed by atoms with Crippen LogP contribution in [0.5, 0.6) is 23.0 Å².